The number of aromatic nitrogens is 4. The fourth-order valence-corrected chi connectivity index (χ4v) is 6.72. The lowest BCUT2D eigenvalue weighted by molar-refractivity contribution is 1.22. The number of rotatable bonds is 7. The average Bonchev–Trinajstić information content (AvgIpc) is 3.24. The van der Waals surface area contributed by atoms with Gasteiger partial charge in [0.2, 0.25) is 0 Å². The number of hydrogen-bond acceptors (Lipinski definition) is 7. The van der Waals surface area contributed by atoms with E-state index >= 15 is 0 Å². The van der Waals surface area contributed by atoms with Gasteiger partial charge in [-0.2, -0.15) is 5.10 Å². The summed E-state index contributed by atoms with van der Waals surface area (Å²) in [7, 11) is 0. The van der Waals surface area contributed by atoms with Crippen molar-refractivity contribution in [1.82, 2.24) is 19.9 Å². The molecule has 0 unspecified atom stereocenters. The minimum absolute atomic E-state index is 0.341. The molecule has 0 saturated heterocycles. The van der Waals surface area contributed by atoms with Crippen LogP contribution in [0.1, 0.15) is 11.1 Å². The van der Waals surface area contributed by atoms with Crippen molar-refractivity contribution in [2.75, 3.05) is 5.43 Å². The molecule has 250 valence electrons. The molecule has 4 aromatic heterocycles. The number of para-hydroxylation sites is 2. The lowest BCUT2D eigenvalue weighted by Gasteiger charge is -2.21. The predicted molar refractivity (Wildman–Crippen MR) is 216 cm³/mol. The molecule has 4 heterocycles. The van der Waals surface area contributed by atoms with Crippen LogP contribution in [0, 0.1) is 5.41 Å². The number of hydrazone groups is 1. The summed E-state index contributed by atoms with van der Waals surface area (Å²) < 4.78 is 0. The van der Waals surface area contributed by atoms with Crippen LogP contribution in [0.4, 0.5) is 5.69 Å². The van der Waals surface area contributed by atoms with Gasteiger partial charge in [0.25, 0.3) is 0 Å². The van der Waals surface area contributed by atoms with Gasteiger partial charge in [-0.05, 0) is 77.4 Å². The fourth-order valence-electron chi connectivity index (χ4n) is 6.72. The smallest absolute Gasteiger partial charge is 0.109 e. The number of pyridine rings is 4. The molecule has 1 aliphatic carbocycles. The number of hydrogen-bond donors (Lipinski definition) is 2. The number of fused-ring (bicyclic) bond motifs is 3. The molecule has 0 aliphatic heterocycles. The molecule has 0 fully saturated rings. The molecule has 1 aliphatic rings. The topological polar surface area (TPSA) is 99.8 Å². The summed E-state index contributed by atoms with van der Waals surface area (Å²) in [4.78, 5) is 19.4. The first-order valence-corrected chi connectivity index (χ1v) is 17.3. The first-order valence-electron chi connectivity index (χ1n) is 17.3. The van der Waals surface area contributed by atoms with Gasteiger partial charge < -0.3 is 0 Å². The van der Waals surface area contributed by atoms with E-state index in [1.54, 1.807) is 12.4 Å². The highest BCUT2D eigenvalue weighted by molar-refractivity contribution is 6.55. The molecule has 53 heavy (non-hydrogen) atoms. The Balaban J connectivity index is 1.15. The van der Waals surface area contributed by atoms with E-state index in [-0.39, 0.29) is 0 Å². The molecule has 8 aromatic rings. The van der Waals surface area contributed by atoms with E-state index in [0.29, 0.717) is 11.4 Å². The highest BCUT2D eigenvalue weighted by Crippen LogP contribution is 2.38. The van der Waals surface area contributed by atoms with E-state index in [1.807, 2.05) is 103 Å². The summed E-state index contributed by atoms with van der Waals surface area (Å²) in [6.45, 7) is 0. The highest BCUT2D eigenvalue weighted by atomic mass is 15.3. The molecule has 9 rings (SSSR count). The fraction of sp³-hybridized carbons (Fsp3) is 0. The van der Waals surface area contributed by atoms with Crippen LogP contribution in [0.25, 0.3) is 73.3 Å². The Bertz CT molecular complexity index is 2620. The monoisotopic (exact) mass is 681 g/mol. The summed E-state index contributed by atoms with van der Waals surface area (Å²) >= 11 is 0. The number of anilines is 1. The minimum Gasteiger partial charge on any atom is -0.298 e. The quantitative estimate of drug-likeness (QED) is 0.163. The third kappa shape index (κ3) is 6.17. The number of nitrogens with zero attached hydrogens (tertiary/aromatic N) is 5. The van der Waals surface area contributed by atoms with Crippen molar-refractivity contribution in [3.05, 3.63) is 181 Å². The van der Waals surface area contributed by atoms with Gasteiger partial charge in [-0.3, -0.25) is 20.8 Å². The third-order valence-corrected chi connectivity index (χ3v) is 9.30. The molecule has 0 atom stereocenters. The van der Waals surface area contributed by atoms with Crippen LogP contribution in [0.3, 0.4) is 0 Å². The van der Waals surface area contributed by atoms with Crippen molar-refractivity contribution in [3.63, 3.8) is 0 Å². The van der Waals surface area contributed by atoms with Crippen molar-refractivity contribution in [2.24, 2.45) is 5.10 Å². The van der Waals surface area contributed by atoms with Gasteiger partial charge >= 0.3 is 0 Å². The summed E-state index contributed by atoms with van der Waals surface area (Å²) in [5.41, 5.74) is 16.4. The Morgan fingerprint density at radius 1 is 0.509 bits per heavy atom. The normalized spacial score (nSPS) is 12.9. The van der Waals surface area contributed by atoms with Crippen molar-refractivity contribution < 1.29 is 0 Å². The summed E-state index contributed by atoms with van der Waals surface area (Å²) in [5, 5.41) is 15.0. The second kappa shape index (κ2) is 13.7. The van der Waals surface area contributed by atoms with Crippen LogP contribution in [0.2, 0.25) is 0 Å². The standard InChI is InChI=1S/C46H31N7/c47-44-40(53-52-34-14-5-2-6-15-34)25-24-37-43(44)36-17-11-16-35(46(36)51-45(37)32-12-3-1-4-13-32)31-22-20-30(21-23-31)33-28-41(38-18-7-9-26-48-38)50-42(29-33)39-19-8-10-27-49-39/h1-29,47,52H/b47-44?,53-40-. The van der Waals surface area contributed by atoms with E-state index in [4.69, 9.17) is 9.97 Å². The summed E-state index contributed by atoms with van der Waals surface area (Å²) in [6.07, 6.45) is 7.48. The van der Waals surface area contributed by atoms with Gasteiger partial charge in [-0.15, -0.1) is 0 Å². The number of allylic oxidation sites excluding steroid dienone is 1. The third-order valence-electron chi connectivity index (χ3n) is 9.30. The zero-order valence-electron chi connectivity index (χ0n) is 28.5. The Morgan fingerprint density at radius 2 is 1.15 bits per heavy atom. The number of nitrogens with one attached hydrogen (secondary N) is 2. The predicted octanol–water partition coefficient (Wildman–Crippen LogP) is 10.6. The van der Waals surface area contributed by atoms with Crippen molar-refractivity contribution in [2.45, 2.75) is 0 Å². The lowest BCUT2D eigenvalue weighted by atomic mass is 9.86. The molecule has 7 heteroatoms. The second-order valence-electron chi connectivity index (χ2n) is 12.6. The molecular weight excluding hydrogens is 651 g/mol. The zero-order valence-corrected chi connectivity index (χ0v) is 28.5. The lowest BCUT2D eigenvalue weighted by Crippen LogP contribution is -2.20. The Labute approximate surface area is 306 Å². The maximum Gasteiger partial charge on any atom is 0.109 e. The molecule has 0 amide bonds. The molecule has 0 bridgehead atoms. The largest absolute Gasteiger partial charge is 0.298 e. The zero-order chi connectivity index (χ0) is 35.6. The van der Waals surface area contributed by atoms with Crippen LogP contribution < -0.4 is 5.43 Å². The molecule has 0 saturated carbocycles. The molecule has 0 radical (unpaired) electrons. The maximum absolute atomic E-state index is 9.43. The van der Waals surface area contributed by atoms with E-state index in [9.17, 15) is 5.41 Å². The van der Waals surface area contributed by atoms with Gasteiger partial charge in [-0.25, -0.2) is 9.97 Å². The van der Waals surface area contributed by atoms with Gasteiger partial charge in [0.15, 0.2) is 0 Å². The SMILES string of the molecule is N=C1/C(=N\Nc2ccccc2)C=Cc2c(-c3ccccc3)nc3c(-c4ccc(-c5cc(-c6ccccn6)nc(-c6ccccn6)c5)cc4)cccc3c21. The van der Waals surface area contributed by atoms with Gasteiger partial charge in [-0.1, -0.05) is 103 Å². The molecule has 0 spiro atoms. The molecule has 7 nitrogen and oxygen atoms in total. The molecular formula is C46H31N7. The first-order chi connectivity index (χ1) is 26.2. The van der Waals surface area contributed by atoms with Gasteiger partial charge in [0.05, 0.1) is 45.4 Å². The highest BCUT2D eigenvalue weighted by Gasteiger charge is 2.25. The average molecular weight is 682 g/mol. The Kier molecular flexibility index (Phi) is 8.19. The Morgan fingerprint density at radius 3 is 1.81 bits per heavy atom. The van der Waals surface area contributed by atoms with Crippen LogP contribution in [0.15, 0.2) is 175 Å². The van der Waals surface area contributed by atoms with Crippen LogP contribution in [-0.2, 0) is 0 Å². The van der Waals surface area contributed by atoms with E-state index < -0.39 is 0 Å². The van der Waals surface area contributed by atoms with Crippen molar-refractivity contribution in [3.8, 4) is 56.3 Å². The van der Waals surface area contributed by atoms with Gasteiger partial charge in [0, 0.05) is 40.0 Å². The van der Waals surface area contributed by atoms with Gasteiger partial charge in [0.1, 0.15) is 5.71 Å². The number of benzene rings is 4. The Hall–Kier alpha value is -7.38. The first kappa shape index (κ1) is 31.6. The van der Waals surface area contributed by atoms with Crippen LogP contribution in [0.5, 0.6) is 0 Å². The van der Waals surface area contributed by atoms with Crippen molar-refractivity contribution in [1.29, 1.82) is 5.41 Å². The van der Waals surface area contributed by atoms with E-state index in [0.717, 1.165) is 84.0 Å². The summed E-state index contributed by atoms with van der Waals surface area (Å²) in [6, 6.07) is 50.5. The minimum atomic E-state index is 0.341. The van der Waals surface area contributed by atoms with E-state index in [2.05, 4.69) is 81.2 Å². The summed E-state index contributed by atoms with van der Waals surface area (Å²) in [5.74, 6) is 0. The second-order valence-corrected chi connectivity index (χ2v) is 12.6. The maximum atomic E-state index is 9.43. The van der Waals surface area contributed by atoms with Crippen molar-refractivity contribution >= 4 is 34.1 Å². The van der Waals surface area contributed by atoms with E-state index in [1.165, 1.54) is 0 Å². The molecule has 2 N–H and O–H groups in total. The van der Waals surface area contributed by atoms with Crippen LogP contribution in [-0.4, -0.2) is 31.4 Å². The molecule has 4 aromatic carbocycles. The van der Waals surface area contributed by atoms with Crippen LogP contribution >= 0.6 is 0 Å².